The minimum Gasteiger partial charge on any atom is -0.472 e. The smallest absolute Gasteiger partial charge is 0.0940 e. The van der Waals surface area contributed by atoms with Gasteiger partial charge in [0.25, 0.3) is 0 Å². The lowest BCUT2D eigenvalue weighted by molar-refractivity contribution is 0.556. The van der Waals surface area contributed by atoms with E-state index in [1.54, 1.807) is 12.5 Å². The van der Waals surface area contributed by atoms with E-state index in [2.05, 4.69) is 0 Å². The average Bonchev–Trinajstić information content (AvgIpc) is 2.58. The molecule has 0 saturated heterocycles. The summed E-state index contributed by atoms with van der Waals surface area (Å²) < 4.78 is 4.99. The van der Waals surface area contributed by atoms with Crippen LogP contribution in [0, 0.1) is 0 Å². The van der Waals surface area contributed by atoms with E-state index in [1.807, 2.05) is 6.07 Å². The topological polar surface area (TPSA) is 39.2 Å². The fourth-order valence-corrected chi connectivity index (χ4v) is 1.33. The van der Waals surface area contributed by atoms with Crippen LogP contribution < -0.4 is 5.73 Å². The van der Waals surface area contributed by atoms with Gasteiger partial charge < -0.3 is 10.2 Å². The van der Waals surface area contributed by atoms with Crippen LogP contribution in [-0.2, 0) is 5.41 Å². The maximum atomic E-state index is 5.62. The van der Waals surface area contributed by atoms with E-state index in [1.165, 1.54) is 18.4 Å². The van der Waals surface area contributed by atoms with Crippen molar-refractivity contribution in [1.82, 2.24) is 0 Å². The second kappa shape index (κ2) is 1.86. The molecule has 2 heteroatoms. The third kappa shape index (κ3) is 0.688. The summed E-state index contributed by atoms with van der Waals surface area (Å²) in [5, 5.41) is 0. The number of rotatable bonds is 2. The summed E-state index contributed by atoms with van der Waals surface area (Å²) in [5.74, 6) is 0. The van der Waals surface area contributed by atoms with Gasteiger partial charge in [0.15, 0.2) is 0 Å². The fourth-order valence-electron chi connectivity index (χ4n) is 1.33. The van der Waals surface area contributed by atoms with Crippen LogP contribution in [-0.4, -0.2) is 6.54 Å². The van der Waals surface area contributed by atoms with E-state index in [0.717, 1.165) is 6.54 Å². The van der Waals surface area contributed by atoms with Gasteiger partial charge in [-0.3, -0.25) is 0 Å². The zero-order chi connectivity index (χ0) is 7.03. The molecule has 0 unspecified atom stereocenters. The summed E-state index contributed by atoms with van der Waals surface area (Å²) in [5.41, 5.74) is 7.19. The first-order valence-electron chi connectivity index (χ1n) is 3.60. The number of hydrogen-bond donors (Lipinski definition) is 1. The van der Waals surface area contributed by atoms with Gasteiger partial charge in [0.2, 0.25) is 0 Å². The SMILES string of the molecule is NCC1(c2ccoc2)CC1. The Morgan fingerprint density at radius 3 is 2.80 bits per heavy atom. The molecule has 1 aliphatic carbocycles. The van der Waals surface area contributed by atoms with E-state index < -0.39 is 0 Å². The highest BCUT2D eigenvalue weighted by Crippen LogP contribution is 2.47. The van der Waals surface area contributed by atoms with E-state index in [-0.39, 0.29) is 0 Å². The number of nitrogens with two attached hydrogens (primary N) is 1. The molecular formula is C8H11NO. The van der Waals surface area contributed by atoms with E-state index in [4.69, 9.17) is 10.2 Å². The summed E-state index contributed by atoms with van der Waals surface area (Å²) in [6, 6.07) is 2.01. The predicted octanol–water partition coefficient (Wildman–Crippen LogP) is 1.27. The Morgan fingerprint density at radius 2 is 2.40 bits per heavy atom. The lowest BCUT2D eigenvalue weighted by Crippen LogP contribution is -2.18. The van der Waals surface area contributed by atoms with Crippen molar-refractivity contribution in [3.8, 4) is 0 Å². The Kier molecular flexibility index (Phi) is 1.11. The Hall–Kier alpha value is -0.760. The molecule has 2 N–H and O–H groups in total. The molecule has 0 aromatic carbocycles. The van der Waals surface area contributed by atoms with Gasteiger partial charge >= 0.3 is 0 Å². The fraction of sp³-hybridized carbons (Fsp3) is 0.500. The summed E-state index contributed by atoms with van der Waals surface area (Å²) >= 11 is 0. The van der Waals surface area contributed by atoms with Gasteiger partial charge in [-0.1, -0.05) is 0 Å². The first-order chi connectivity index (χ1) is 4.87. The van der Waals surface area contributed by atoms with Crippen molar-refractivity contribution in [3.63, 3.8) is 0 Å². The Balaban J connectivity index is 2.27. The lowest BCUT2D eigenvalue weighted by atomic mass is 10.00. The van der Waals surface area contributed by atoms with E-state index >= 15 is 0 Å². The maximum absolute atomic E-state index is 5.62. The quantitative estimate of drug-likeness (QED) is 0.666. The molecule has 0 radical (unpaired) electrons. The minimum atomic E-state index is 0.299. The minimum absolute atomic E-state index is 0.299. The van der Waals surface area contributed by atoms with Gasteiger partial charge in [-0.05, 0) is 24.5 Å². The summed E-state index contributed by atoms with van der Waals surface area (Å²) in [4.78, 5) is 0. The Bertz CT molecular complexity index is 211. The highest BCUT2D eigenvalue weighted by Gasteiger charge is 2.43. The van der Waals surface area contributed by atoms with Crippen molar-refractivity contribution < 1.29 is 4.42 Å². The second-order valence-corrected chi connectivity index (χ2v) is 3.00. The van der Waals surface area contributed by atoms with Crippen LogP contribution in [0.15, 0.2) is 23.0 Å². The summed E-state index contributed by atoms with van der Waals surface area (Å²) in [7, 11) is 0. The predicted molar refractivity (Wildman–Crippen MR) is 38.7 cm³/mol. The van der Waals surface area contributed by atoms with Gasteiger partial charge in [0, 0.05) is 12.0 Å². The van der Waals surface area contributed by atoms with Crippen molar-refractivity contribution >= 4 is 0 Å². The Morgan fingerprint density at radius 1 is 1.60 bits per heavy atom. The third-order valence-corrected chi connectivity index (χ3v) is 2.38. The molecule has 0 atom stereocenters. The van der Waals surface area contributed by atoms with Crippen molar-refractivity contribution in [2.45, 2.75) is 18.3 Å². The molecule has 2 rings (SSSR count). The van der Waals surface area contributed by atoms with Crippen molar-refractivity contribution in [3.05, 3.63) is 24.2 Å². The van der Waals surface area contributed by atoms with Crippen LogP contribution >= 0.6 is 0 Å². The molecule has 0 amide bonds. The van der Waals surface area contributed by atoms with Crippen LogP contribution in [0.1, 0.15) is 18.4 Å². The van der Waals surface area contributed by atoms with Gasteiger partial charge in [-0.2, -0.15) is 0 Å². The zero-order valence-corrected chi connectivity index (χ0v) is 5.84. The van der Waals surface area contributed by atoms with Crippen LogP contribution in [0.2, 0.25) is 0 Å². The summed E-state index contributed by atoms with van der Waals surface area (Å²) in [6.07, 6.45) is 5.97. The maximum Gasteiger partial charge on any atom is 0.0940 e. The van der Waals surface area contributed by atoms with Crippen LogP contribution in [0.25, 0.3) is 0 Å². The monoisotopic (exact) mass is 137 g/mol. The molecule has 0 spiro atoms. The highest BCUT2D eigenvalue weighted by atomic mass is 16.3. The lowest BCUT2D eigenvalue weighted by Gasteiger charge is -2.06. The van der Waals surface area contributed by atoms with Crippen molar-refractivity contribution in [1.29, 1.82) is 0 Å². The molecule has 0 aliphatic heterocycles. The normalized spacial score (nSPS) is 20.9. The molecule has 1 aromatic rings. The number of furan rings is 1. The molecule has 1 heterocycles. The third-order valence-electron chi connectivity index (χ3n) is 2.38. The van der Waals surface area contributed by atoms with Gasteiger partial charge in [-0.25, -0.2) is 0 Å². The molecule has 1 aromatic heterocycles. The first-order valence-corrected chi connectivity index (χ1v) is 3.60. The standard InChI is InChI=1S/C8H11NO/c9-6-8(2-3-8)7-1-4-10-5-7/h1,4-5H,2-3,6,9H2. The van der Waals surface area contributed by atoms with E-state index in [0.29, 0.717) is 5.41 Å². The Labute approximate surface area is 60.0 Å². The molecular weight excluding hydrogens is 126 g/mol. The molecule has 1 aliphatic rings. The average molecular weight is 137 g/mol. The molecule has 54 valence electrons. The first kappa shape index (κ1) is 5.98. The second-order valence-electron chi connectivity index (χ2n) is 3.00. The van der Waals surface area contributed by atoms with Crippen LogP contribution in [0.3, 0.4) is 0 Å². The summed E-state index contributed by atoms with van der Waals surface area (Å²) in [6.45, 7) is 0.756. The van der Waals surface area contributed by atoms with Gasteiger partial charge in [0.1, 0.15) is 0 Å². The molecule has 2 nitrogen and oxygen atoms in total. The molecule has 0 bridgehead atoms. The largest absolute Gasteiger partial charge is 0.472 e. The van der Waals surface area contributed by atoms with Gasteiger partial charge in [0.05, 0.1) is 12.5 Å². The highest BCUT2D eigenvalue weighted by molar-refractivity contribution is 5.27. The molecule has 1 saturated carbocycles. The van der Waals surface area contributed by atoms with Crippen LogP contribution in [0.5, 0.6) is 0 Å². The van der Waals surface area contributed by atoms with E-state index in [9.17, 15) is 0 Å². The van der Waals surface area contributed by atoms with Gasteiger partial charge in [-0.15, -0.1) is 0 Å². The molecule has 10 heavy (non-hydrogen) atoms. The number of hydrogen-bond acceptors (Lipinski definition) is 2. The van der Waals surface area contributed by atoms with Crippen molar-refractivity contribution in [2.24, 2.45) is 5.73 Å². The zero-order valence-electron chi connectivity index (χ0n) is 5.84. The molecule has 1 fully saturated rings. The van der Waals surface area contributed by atoms with Crippen LogP contribution in [0.4, 0.5) is 0 Å². The van der Waals surface area contributed by atoms with Crippen molar-refractivity contribution in [2.75, 3.05) is 6.54 Å².